The first-order valence-electron chi connectivity index (χ1n) is 2.23. The van der Waals surface area contributed by atoms with Gasteiger partial charge in [0.1, 0.15) is 0 Å². The van der Waals surface area contributed by atoms with Crippen molar-refractivity contribution in [2.45, 2.75) is 6.54 Å². The SMILES string of the molecule is NCc1ncc(N)o1. The highest BCUT2D eigenvalue weighted by Gasteiger charge is 1.93. The van der Waals surface area contributed by atoms with Crippen molar-refractivity contribution in [1.82, 2.24) is 4.98 Å². The van der Waals surface area contributed by atoms with Crippen LogP contribution in [0.4, 0.5) is 5.88 Å². The van der Waals surface area contributed by atoms with Crippen molar-refractivity contribution in [3.8, 4) is 0 Å². The standard InChI is InChI=1S/C4H7N3O/c5-1-4-7-2-3(6)8-4/h2H,1,5-6H2. The zero-order valence-electron chi connectivity index (χ0n) is 4.29. The lowest BCUT2D eigenvalue weighted by Gasteiger charge is -1.80. The molecule has 0 unspecified atom stereocenters. The van der Waals surface area contributed by atoms with Crippen molar-refractivity contribution >= 4 is 5.88 Å². The average Bonchev–Trinajstić information content (AvgIpc) is 2.14. The third-order valence-corrected chi connectivity index (χ3v) is 0.746. The van der Waals surface area contributed by atoms with Crippen LogP contribution in [0, 0.1) is 0 Å². The molecule has 0 fully saturated rings. The average molecular weight is 113 g/mol. The third-order valence-electron chi connectivity index (χ3n) is 0.746. The monoisotopic (exact) mass is 113 g/mol. The molecule has 0 radical (unpaired) electrons. The van der Waals surface area contributed by atoms with Gasteiger partial charge in [0.15, 0.2) is 0 Å². The van der Waals surface area contributed by atoms with Gasteiger partial charge in [0.2, 0.25) is 11.8 Å². The van der Waals surface area contributed by atoms with E-state index in [-0.39, 0.29) is 0 Å². The van der Waals surface area contributed by atoms with Crippen LogP contribution >= 0.6 is 0 Å². The van der Waals surface area contributed by atoms with E-state index in [0.717, 1.165) is 0 Å². The van der Waals surface area contributed by atoms with E-state index in [1.807, 2.05) is 0 Å². The maximum absolute atomic E-state index is 5.17. The summed E-state index contributed by atoms with van der Waals surface area (Å²) >= 11 is 0. The van der Waals surface area contributed by atoms with Crippen LogP contribution in [0.15, 0.2) is 10.6 Å². The first-order chi connectivity index (χ1) is 3.83. The number of hydrogen-bond donors (Lipinski definition) is 2. The van der Waals surface area contributed by atoms with Crippen LogP contribution in [0.25, 0.3) is 0 Å². The van der Waals surface area contributed by atoms with Crippen LogP contribution in [0.5, 0.6) is 0 Å². The molecule has 8 heavy (non-hydrogen) atoms. The molecule has 0 aromatic carbocycles. The summed E-state index contributed by atoms with van der Waals surface area (Å²) in [6.45, 7) is 0.303. The summed E-state index contributed by atoms with van der Waals surface area (Å²) in [5, 5.41) is 0. The summed E-state index contributed by atoms with van der Waals surface area (Å²) in [5.74, 6) is 0.785. The van der Waals surface area contributed by atoms with Crippen LogP contribution in [-0.4, -0.2) is 4.98 Å². The van der Waals surface area contributed by atoms with Gasteiger partial charge in [-0.2, -0.15) is 0 Å². The predicted molar refractivity (Wildman–Crippen MR) is 28.8 cm³/mol. The highest BCUT2D eigenvalue weighted by Crippen LogP contribution is 2.01. The summed E-state index contributed by atoms with van der Waals surface area (Å²) in [6.07, 6.45) is 1.43. The van der Waals surface area contributed by atoms with Crippen molar-refractivity contribution in [3.63, 3.8) is 0 Å². The maximum atomic E-state index is 5.17. The van der Waals surface area contributed by atoms with E-state index >= 15 is 0 Å². The lowest BCUT2D eigenvalue weighted by Crippen LogP contribution is -1.94. The Morgan fingerprint density at radius 3 is 2.75 bits per heavy atom. The number of aromatic nitrogens is 1. The Morgan fingerprint density at radius 1 is 1.75 bits per heavy atom. The van der Waals surface area contributed by atoms with Gasteiger partial charge in [0.25, 0.3) is 0 Å². The van der Waals surface area contributed by atoms with Gasteiger partial charge in [-0.3, -0.25) is 0 Å². The molecule has 1 heterocycles. The van der Waals surface area contributed by atoms with Crippen molar-refractivity contribution in [2.24, 2.45) is 5.73 Å². The minimum Gasteiger partial charge on any atom is -0.424 e. The van der Waals surface area contributed by atoms with Gasteiger partial charge in [-0.15, -0.1) is 0 Å². The molecule has 1 rings (SSSR count). The molecule has 0 bridgehead atoms. The van der Waals surface area contributed by atoms with Crippen molar-refractivity contribution in [2.75, 3.05) is 5.73 Å². The van der Waals surface area contributed by atoms with E-state index in [1.165, 1.54) is 6.20 Å². The lowest BCUT2D eigenvalue weighted by atomic mass is 10.7. The second-order valence-electron chi connectivity index (χ2n) is 1.36. The van der Waals surface area contributed by atoms with Crippen LogP contribution < -0.4 is 11.5 Å². The van der Waals surface area contributed by atoms with E-state index in [9.17, 15) is 0 Å². The summed E-state index contributed by atoms with van der Waals surface area (Å²) < 4.78 is 4.77. The topological polar surface area (TPSA) is 78.1 Å². The summed E-state index contributed by atoms with van der Waals surface area (Å²) in [4.78, 5) is 3.72. The predicted octanol–water partition coefficient (Wildman–Crippen LogP) is -0.285. The van der Waals surface area contributed by atoms with Gasteiger partial charge in [-0.25, -0.2) is 4.98 Å². The van der Waals surface area contributed by atoms with Gasteiger partial charge in [-0.1, -0.05) is 0 Å². The van der Waals surface area contributed by atoms with Crippen molar-refractivity contribution < 1.29 is 4.42 Å². The maximum Gasteiger partial charge on any atom is 0.211 e. The number of nitrogens with two attached hydrogens (primary N) is 2. The fraction of sp³-hybridized carbons (Fsp3) is 0.250. The van der Waals surface area contributed by atoms with Crippen molar-refractivity contribution in [1.29, 1.82) is 0 Å². The molecule has 4 nitrogen and oxygen atoms in total. The van der Waals surface area contributed by atoms with E-state index in [1.54, 1.807) is 0 Å². The fourth-order valence-electron chi connectivity index (χ4n) is 0.419. The number of nitrogens with zero attached hydrogens (tertiary/aromatic N) is 1. The van der Waals surface area contributed by atoms with Gasteiger partial charge in [-0.05, 0) is 0 Å². The minimum atomic E-state index is 0.303. The summed E-state index contributed by atoms with van der Waals surface area (Å²) in [6, 6.07) is 0. The second-order valence-corrected chi connectivity index (χ2v) is 1.36. The molecule has 0 amide bonds. The molecule has 0 saturated heterocycles. The molecule has 0 aliphatic heterocycles. The molecule has 0 atom stereocenters. The zero-order chi connectivity index (χ0) is 5.98. The molecule has 4 heteroatoms. The van der Waals surface area contributed by atoms with E-state index in [4.69, 9.17) is 15.9 Å². The van der Waals surface area contributed by atoms with Gasteiger partial charge >= 0.3 is 0 Å². The molecular weight excluding hydrogens is 106 g/mol. The largest absolute Gasteiger partial charge is 0.424 e. The van der Waals surface area contributed by atoms with Gasteiger partial charge in [0.05, 0.1) is 12.7 Å². The molecule has 0 aliphatic carbocycles. The highest BCUT2D eigenvalue weighted by atomic mass is 16.4. The number of hydrogen-bond acceptors (Lipinski definition) is 4. The number of nitrogen functional groups attached to an aromatic ring is 1. The second kappa shape index (κ2) is 1.83. The highest BCUT2D eigenvalue weighted by molar-refractivity contribution is 5.17. The van der Waals surface area contributed by atoms with Gasteiger partial charge in [0, 0.05) is 0 Å². The Kier molecular flexibility index (Phi) is 1.17. The Hall–Kier alpha value is -1.03. The first kappa shape index (κ1) is 5.11. The molecule has 0 spiro atoms. The summed E-state index contributed by atoms with van der Waals surface area (Å²) in [7, 11) is 0. The van der Waals surface area contributed by atoms with Crippen LogP contribution in [-0.2, 0) is 6.54 Å². The van der Waals surface area contributed by atoms with Crippen LogP contribution in [0.1, 0.15) is 5.89 Å². The Morgan fingerprint density at radius 2 is 2.50 bits per heavy atom. The zero-order valence-corrected chi connectivity index (χ0v) is 4.29. The third kappa shape index (κ3) is 0.788. The molecule has 1 aromatic rings. The molecule has 1 aromatic heterocycles. The molecular formula is C4H7N3O. The molecule has 44 valence electrons. The molecule has 4 N–H and O–H groups in total. The number of rotatable bonds is 1. The lowest BCUT2D eigenvalue weighted by molar-refractivity contribution is 0.514. The molecule has 0 saturated carbocycles. The van der Waals surface area contributed by atoms with Crippen molar-refractivity contribution in [3.05, 3.63) is 12.1 Å². The molecule has 0 aliphatic rings. The smallest absolute Gasteiger partial charge is 0.211 e. The van der Waals surface area contributed by atoms with Crippen LogP contribution in [0.2, 0.25) is 0 Å². The Balaban J connectivity index is 2.84. The van der Waals surface area contributed by atoms with Gasteiger partial charge < -0.3 is 15.9 Å². The first-order valence-corrected chi connectivity index (χ1v) is 2.23. The normalized spacial score (nSPS) is 9.62. The van der Waals surface area contributed by atoms with Crippen LogP contribution in [0.3, 0.4) is 0 Å². The number of oxazole rings is 1. The Labute approximate surface area is 46.5 Å². The number of anilines is 1. The summed E-state index contributed by atoms with van der Waals surface area (Å²) in [5.41, 5.74) is 10.3. The minimum absolute atomic E-state index is 0.303. The van der Waals surface area contributed by atoms with E-state index in [0.29, 0.717) is 18.3 Å². The van der Waals surface area contributed by atoms with E-state index < -0.39 is 0 Å². The Bertz CT molecular complexity index is 172. The quantitative estimate of drug-likeness (QED) is 0.524. The van der Waals surface area contributed by atoms with E-state index in [2.05, 4.69) is 4.98 Å². The fourth-order valence-corrected chi connectivity index (χ4v) is 0.419.